The second kappa shape index (κ2) is 5.14. The van der Waals surface area contributed by atoms with Crippen LogP contribution in [0.2, 0.25) is 0 Å². The molecule has 1 aromatic heterocycles. The number of aliphatic hydroxyl groups excluding tert-OH is 1. The summed E-state index contributed by atoms with van der Waals surface area (Å²) in [6.45, 7) is 4.95. The smallest absolute Gasteiger partial charge is 0.268 e. The number of rotatable bonds is 5. The van der Waals surface area contributed by atoms with Gasteiger partial charge in [0.1, 0.15) is 5.69 Å². The number of hydrogen-bond acceptors (Lipinski definition) is 3. The molecule has 17 heavy (non-hydrogen) atoms. The number of Topliss-reactive ketones (excluding diaryl/α,β-unsaturated/α-hetero) is 1. The number of ketones is 1. The fourth-order valence-electron chi connectivity index (χ4n) is 1.31. The Morgan fingerprint density at radius 1 is 1.53 bits per heavy atom. The molecule has 5 nitrogen and oxygen atoms in total. The zero-order chi connectivity index (χ0) is 13.1. The molecular weight excluding hydrogens is 220 g/mol. The summed E-state index contributed by atoms with van der Waals surface area (Å²) >= 11 is 0. The highest BCUT2D eigenvalue weighted by Gasteiger charge is 2.24. The van der Waals surface area contributed by atoms with Crippen LogP contribution in [0.25, 0.3) is 0 Å². The van der Waals surface area contributed by atoms with Crippen LogP contribution >= 0.6 is 0 Å². The molecule has 0 aliphatic heterocycles. The molecule has 0 radical (unpaired) electrons. The Hall–Kier alpha value is -1.62. The second-order valence-electron chi connectivity index (χ2n) is 4.38. The lowest BCUT2D eigenvalue weighted by molar-refractivity contribution is 0.0843. The Labute approximate surface area is 100 Å². The number of aliphatic hydroxyl groups is 1. The number of carbonyl (C=O) groups is 2. The van der Waals surface area contributed by atoms with Crippen molar-refractivity contribution in [1.82, 2.24) is 10.3 Å². The summed E-state index contributed by atoms with van der Waals surface area (Å²) in [5.74, 6) is -0.420. The van der Waals surface area contributed by atoms with Gasteiger partial charge in [-0.3, -0.25) is 9.59 Å². The molecule has 1 aromatic rings. The summed E-state index contributed by atoms with van der Waals surface area (Å²) in [5.41, 5.74) is 0.152. The van der Waals surface area contributed by atoms with Gasteiger partial charge in [-0.15, -0.1) is 0 Å². The van der Waals surface area contributed by atoms with Gasteiger partial charge in [0.05, 0.1) is 12.1 Å². The average molecular weight is 238 g/mol. The molecule has 1 amide bonds. The van der Waals surface area contributed by atoms with E-state index in [2.05, 4.69) is 10.3 Å². The van der Waals surface area contributed by atoms with Crippen LogP contribution in [0.1, 0.15) is 48.0 Å². The standard InChI is InChI=1S/C12H18N2O3/c1-4-12(3,7-15)14-11(17)10-5-9(6-13-10)8(2)16/h5-6,13,15H,4,7H2,1-3H3,(H,14,17). The van der Waals surface area contributed by atoms with E-state index in [0.717, 1.165) is 0 Å². The molecule has 94 valence electrons. The minimum atomic E-state index is -0.640. The maximum atomic E-state index is 11.8. The fourth-order valence-corrected chi connectivity index (χ4v) is 1.31. The number of aromatic nitrogens is 1. The molecule has 0 fully saturated rings. The molecule has 3 N–H and O–H groups in total. The number of carbonyl (C=O) groups excluding carboxylic acids is 2. The highest BCUT2D eigenvalue weighted by atomic mass is 16.3. The lowest BCUT2D eigenvalue weighted by Gasteiger charge is -2.26. The molecule has 1 atom stereocenters. The Balaban J connectivity index is 2.79. The van der Waals surface area contributed by atoms with Crippen molar-refractivity contribution in [2.75, 3.05) is 6.61 Å². The summed E-state index contributed by atoms with van der Waals surface area (Å²) in [4.78, 5) is 25.7. The highest BCUT2D eigenvalue weighted by molar-refractivity contribution is 5.99. The second-order valence-corrected chi connectivity index (χ2v) is 4.38. The number of amides is 1. The molecule has 1 rings (SSSR count). The minimum absolute atomic E-state index is 0.0966. The zero-order valence-corrected chi connectivity index (χ0v) is 10.3. The van der Waals surface area contributed by atoms with Crippen molar-refractivity contribution < 1.29 is 14.7 Å². The lowest BCUT2D eigenvalue weighted by Crippen LogP contribution is -2.48. The molecule has 1 heterocycles. The fraction of sp³-hybridized carbons (Fsp3) is 0.500. The van der Waals surface area contributed by atoms with Crippen LogP contribution in [0.4, 0.5) is 0 Å². The van der Waals surface area contributed by atoms with Gasteiger partial charge in [0, 0.05) is 11.8 Å². The normalized spacial score (nSPS) is 14.1. The van der Waals surface area contributed by atoms with Gasteiger partial charge in [0.25, 0.3) is 5.91 Å². The summed E-state index contributed by atoms with van der Waals surface area (Å²) in [7, 11) is 0. The molecule has 1 unspecified atom stereocenters. The third-order valence-corrected chi connectivity index (χ3v) is 2.88. The Morgan fingerprint density at radius 2 is 2.18 bits per heavy atom. The molecule has 0 aliphatic carbocycles. The Kier molecular flexibility index (Phi) is 4.07. The van der Waals surface area contributed by atoms with Crippen molar-refractivity contribution in [3.63, 3.8) is 0 Å². The van der Waals surface area contributed by atoms with Crippen LogP contribution in [-0.2, 0) is 0 Å². The van der Waals surface area contributed by atoms with E-state index in [0.29, 0.717) is 17.7 Å². The molecule has 0 aliphatic rings. The van der Waals surface area contributed by atoms with Crippen molar-refractivity contribution in [2.24, 2.45) is 0 Å². The van der Waals surface area contributed by atoms with Crippen LogP contribution in [0, 0.1) is 0 Å². The van der Waals surface area contributed by atoms with E-state index in [4.69, 9.17) is 0 Å². The van der Waals surface area contributed by atoms with Gasteiger partial charge in [0.2, 0.25) is 0 Å². The van der Waals surface area contributed by atoms with Crippen molar-refractivity contribution in [3.8, 4) is 0 Å². The van der Waals surface area contributed by atoms with E-state index in [1.165, 1.54) is 19.2 Å². The van der Waals surface area contributed by atoms with E-state index in [1.807, 2.05) is 6.92 Å². The van der Waals surface area contributed by atoms with Gasteiger partial charge in [-0.1, -0.05) is 6.92 Å². The molecule has 0 spiro atoms. The lowest BCUT2D eigenvalue weighted by atomic mass is 10.00. The van der Waals surface area contributed by atoms with Crippen molar-refractivity contribution in [2.45, 2.75) is 32.7 Å². The predicted molar refractivity (Wildman–Crippen MR) is 64.0 cm³/mol. The zero-order valence-electron chi connectivity index (χ0n) is 10.3. The van der Waals surface area contributed by atoms with Gasteiger partial charge in [-0.2, -0.15) is 0 Å². The Morgan fingerprint density at radius 3 is 2.59 bits per heavy atom. The van der Waals surface area contributed by atoms with Gasteiger partial charge < -0.3 is 15.4 Å². The molecule has 0 bridgehead atoms. The summed E-state index contributed by atoms with van der Waals surface area (Å²) in [5, 5.41) is 11.9. The molecular formula is C12H18N2O3. The van der Waals surface area contributed by atoms with Gasteiger partial charge >= 0.3 is 0 Å². The van der Waals surface area contributed by atoms with Crippen LogP contribution < -0.4 is 5.32 Å². The Bertz CT molecular complexity index is 419. The first-order valence-corrected chi connectivity index (χ1v) is 5.54. The van der Waals surface area contributed by atoms with E-state index >= 15 is 0 Å². The van der Waals surface area contributed by atoms with E-state index in [9.17, 15) is 14.7 Å². The largest absolute Gasteiger partial charge is 0.394 e. The van der Waals surface area contributed by atoms with Crippen LogP contribution in [0.3, 0.4) is 0 Å². The maximum absolute atomic E-state index is 11.8. The summed E-state index contributed by atoms with van der Waals surface area (Å²) < 4.78 is 0. The maximum Gasteiger partial charge on any atom is 0.268 e. The monoisotopic (exact) mass is 238 g/mol. The molecule has 0 saturated carbocycles. The number of nitrogens with one attached hydrogen (secondary N) is 2. The van der Waals surface area contributed by atoms with E-state index < -0.39 is 5.54 Å². The highest BCUT2D eigenvalue weighted by Crippen LogP contribution is 2.10. The van der Waals surface area contributed by atoms with Crippen molar-refractivity contribution in [3.05, 3.63) is 23.5 Å². The third-order valence-electron chi connectivity index (χ3n) is 2.88. The minimum Gasteiger partial charge on any atom is -0.394 e. The van der Waals surface area contributed by atoms with Gasteiger partial charge in [0.15, 0.2) is 5.78 Å². The number of hydrogen-bond donors (Lipinski definition) is 3. The first-order valence-electron chi connectivity index (χ1n) is 5.54. The summed E-state index contributed by atoms with van der Waals surface area (Å²) in [6, 6.07) is 1.51. The summed E-state index contributed by atoms with van der Waals surface area (Å²) in [6.07, 6.45) is 2.12. The first-order chi connectivity index (χ1) is 7.91. The first kappa shape index (κ1) is 13.4. The van der Waals surface area contributed by atoms with E-state index in [1.54, 1.807) is 6.92 Å². The molecule has 0 aromatic carbocycles. The quantitative estimate of drug-likeness (QED) is 0.672. The predicted octanol–water partition coefficient (Wildman–Crippen LogP) is 1.11. The average Bonchev–Trinajstić information content (AvgIpc) is 2.78. The van der Waals surface area contributed by atoms with Gasteiger partial charge in [-0.05, 0) is 26.3 Å². The molecule has 5 heteroatoms. The van der Waals surface area contributed by atoms with Crippen LogP contribution in [0.5, 0.6) is 0 Å². The van der Waals surface area contributed by atoms with E-state index in [-0.39, 0.29) is 18.3 Å². The topological polar surface area (TPSA) is 82.2 Å². The number of H-pyrrole nitrogens is 1. The van der Waals surface area contributed by atoms with Crippen molar-refractivity contribution in [1.29, 1.82) is 0 Å². The number of aromatic amines is 1. The van der Waals surface area contributed by atoms with Gasteiger partial charge in [-0.25, -0.2) is 0 Å². The van der Waals surface area contributed by atoms with Crippen LogP contribution in [-0.4, -0.2) is 33.9 Å². The molecule has 0 saturated heterocycles. The van der Waals surface area contributed by atoms with Crippen LogP contribution in [0.15, 0.2) is 12.3 Å². The van der Waals surface area contributed by atoms with Crippen molar-refractivity contribution >= 4 is 11.7 Å². The SMILES string of the molecule is CCC(C)(CO)NC(=O)c1cc(C(C)=O)c[nH]1. The third kappa shape index (κ3) is 3.17.